The molecule has 1 unspecified atom stereocenters. The van der Waals surface area contributed by atoms with Gasteiger partial charge in [-0.25, -0.2) is 0 Å². The molecular weight excluding hydrogens is 310 g/mol. The molecule has 1 amide bonds. The van der Waals surface area contributed by atoms with E-state index in [1.807, 2.05) is 47.4 Å². The maximum Gasteiger partial charge on any atom is 0.257 e. The Balaban J connectivity index is 1.70. The van der Waals surface area contributed by atoms with E-state index in [1.54, 1.807) is 0 Å². The van der Waals surface area contributed by atoms with Crippen molar-refractivity contribution in [3.05, 3.63) is 64.3 Å². The van der Waals surface area contributed by atoms with Crippen LogP contribution in [-0.4, -0.2) is 22.3 Å². The first-order valence-electron chi connectivity index (χ1n) is 7.69. The predicted octanol–water partition coefficient (Wildman–Crippen LogP) is 3.94. The number of fused-ring (bicyclic) bond motifs is 6. The Morgan fingerprint density at radius 1 is 1.17 bits per heavy atom. The highest BCUT2D eigenvalue weighted by Gasteiger charge is 2.38. The molecule has 114 valence electrons. The number of hydrogen-bond acceptors (Lipinski definition) is 2. The molecule has 4 nitrogen and oxygen atoms in total. The highest BCUT2D eigenvalue weighted by atomic mass is 35.5. The number of carbonyl (C=O) groups is 1. The Hall–Kier alpha value is -2.46. The summed E-state index contributed by atoms with van der Waals surface area (Å²) in [5, 5.41) is 5.39. The van der Waals surface area contributed by atoms with Crippen LogP contribution >= 0.6 is 11.6 Å². The number of anilines is 1. The molecule has 5 rings (SSSR count). The molecule has 0 bridgehead atoms. The van der Waals surface area contributed by atoms with Crippen molar-refractivity contribution in [3.63, 3.8) is 0 Å². The van der Waals surface area contributed by atoms with Crippen molar-refractivity contribution in [2.24, 2.45) is 0 Å². The number of aromatic amines is 1. The molecule has 5 heteroatoms. The van der Waals surface area contributed by atoms with Gasteiger partial charge in [0.1, 0.15) is 6.17 Å². The minimum atomic E-state index is -0.146. The summed E-state index contributed by atoms with van der Waals surface area (Å²) in [6.07, 6.45) is 0.689. The molecule has 0 aliphatic carbocycles. The predicted molar refractivity (Wildman–Crippen MR) is 90.9 cm³/mol. The van der Waals surface area contributed by atoms with E-state index in [9.17, 15) is 4.79 Å². The van der Waals surface area contributed by atoms with Crippen LogP contribution in [-0.2, 0) is 6.42 Å². The number of nitrogens with zero attached hydrogens (tertiary/aromatic N) is 1. The first-order valence-corrected chi connectivity index (χ1v) is 8.07. The van der Waals surface area contributed by atoms with Gasteiger partial charge in [-0.15, -0.1) is 0 Å². The molecule has 0 saturated carbocycles. The van der Waals surface area contributed by atoms with Crippen molar-refractivity contribution in [3.8, 4) is 0 Å². The first kappa shape index (κ1) is 13.0. The van der Waals surface area contributed by atoms with E-state index < -0.39 is 0 Å². The highest BCUT2D eigenvalue weighted by Crippen LogP contribution is 2.40. The maximum absolute atomic E-state index is 12.8. The Bertz CT molecular complexity index is 962. The number of para-hydroxylation sites is 1. The van der Waals surface area contributed by atoms with E-state index in [0.717, 1.165) is 39.3 Å². The number of amides is 1. The van der Waals surface area contributed by atoms with Crippen molar-refractivity contribution in [2.45, 2.75) is 12.6 Å². The van der Waals surface area contributed by atoms with Gasteiger partial charge in [-0.1, -0.05) is 23.7 Å². The molecule has 0 saturated heterocycles. The number of aromatic nitrogens is 1. The number of rotatable bonds is 0. The molecule has 3 heterocycles. The summed E-state index contributed by atoms with van der Waals surface area (Å²) in [5.41, 5.74) is 5.02. The minimum absolute atomic E-state index is 0.0895. The van der Waals surface area contributed by atoms with Gasteiger partial charge in [0.25, 0.3) is 5.91 Å². The average molecular weight is 324 g/mol. The van der Waals surface area contributed by atoms with Gasteiger partial charge in [-0.2, -0.15) is 0 Å². The topological polar surface area (TPSA) is 48.1 Å². The third-order valence-corrected chi connectivity index (χ3v) is 5.03. The Morgan fingerprint density at radius 3 is 2.96 bits per heavy atom. The number of nitrogens with one attached hydrogen (secondary N) is 2. The van der Waals surface area contributed by atoms with Crippen molar-refractivity contribution in [2.75, 3.05) is 11.9 Å². The lowest BCUT2D eigenvalue weighted by atomic mass is 9.97. The zero-order valence-corrected chi connectivity index (χ0v) is 13.0. The maximum atomic E-state index is 12.8. The van der Waals surface area contributed by atoms with E-state index in [1.165, 1.54) is 5.56 Å². The number of hydrogen-bond donors (Lipinski definition) is 2. The van der Waals surface area contributed by atoms with Crippen LogP contribution in [0, 0.1) is 0 Å². The molecule has 0 spiro atoms. The molecule has 2 aliphatic heterocycles. The number of carbonyl (C=O) groups excluding carboxylic acids is 1. The second-order valence-corrected chi connectivity index (χ2v) is 6.48. The van der Waals surface area contributed by atoms with Crippen LogP contribution in [0.4, 0.5) is 5.69 Å². The lowest BCUT2D eigenvalue weighted by Crippen LogP contribution is -2.46. The van der Waals surface area contributed by atoms with Crippen molar-refractivity contribution >= 4 is 34.1 Å². The van der Waals surface area contributed by atoms with Crippen LogP contribution in [0.1, 0.15) is 27.8 Å². The number of halogens is 1. The van der Waals surface area contributed by atoms with Crippen LogP contribution in [0.2, 0.25) is 5.02 Å². The van der Waals surface area contributed by atoms with Gasteiger partial charge < -0.3 is 15.2 Å². The quantitative estimate of drug-likeness (QED) is 0.658. The lowest BCUT2D eigenvalue weighted by molar-refractivity contribution is 0.0667. The Kier molecular flexibility index (Phi) is 2.56. The molecule has 0 fully saturated rings. The summed E-state index contributed by atoms with van der Waals surface area (Å²) in [4.78, 5) is 18.2. The molecule has 2 aliphatic rings. The fourth-order valence-electron chi connectivity index (χ4n) is 3.73. The molecule has 0 radical (unpaired) electrons. The van der Waals surface area contributed by atoms with Crippen LogP contribution in [0.3, 0.4) is 0 Å². The summed E-state index contributed by atoms with van der Waals surface area (Å²) in [6, 6.07) is 13.6. The fourth-order valence-corrected chi connectivity index (χ4v) is 3.90. The molecule has 2 aromatic carbocycles. The smallest absolute Gasteiger partial charge is 0.257 e. The van der Waals surface area contributed by atoms with Gasteiger partial charge in [-0.3, -0.25) is 4.79 Å². The summed E-state index contributed by atoms with van der Waals surface area (Å²) in [7, 11) is 0. The largest absolute Gasteiger partial charge is 0.360 e. The Labute approximate surface area is 138 Å². The van der Waals surface area contributed by atoms with E-state index in [2.05, 4.69) is 10.3 Å². The van der Waals surface area contributed by atoms with E-state index in [-0.39, 0.29) is 12.1 Å². The van der Waals surface area contributed by atoms with Crippen molar-refractivity contribution < 1.29 is 4.79 Å². The number of benzene rings is 2. The van der Waals surface area contributed by atoms with Gasteiger partial charge in [0.15, 0.2) is 0 Å². The van der Waals surface area contributed by atoms with E-state index in [0.29, 0.717) is 6.54 Å². The van der Waals surface area contributed by atoms with Crippen LogP contribution < -0.4 is 5.32 Å². The van der Waals surface area contributed by atoms with E-state index >= 15 is 0 Å². The zero-order valence-electron chi connectivity index (χ0n) is 12.3. The van der Waals surface area contributed by atoms with Crippen molar-refractivity contribution in [1.82, 2.24) is 9.88 Å². The Morgan fingerprint density at radius 2 is 2.04 bits per heavy atom. The average Bonchev–Trinajstić information content (AvgIpc) is 2.93. The monoisotopic (exact) mass is 323 g/mol. The number of H-pyrrole nitrogens is 1. The van der Waals surface area contributed by atoms with Gasteiger partial charge in [0, 0.05) is 28.2 Å². The zero-order chi connectivity index (χ0) is 15.6. The molecule has 1 atom stereocenters. The minimum Gasteiger partial charge on any atom is -0.360 e. The SMILES string of the molecule is O=C1c2ccccc2NC2c3[nH]c4ccc(Cl)cc4c3CCN12. The molecule has 23 heavy (non-hydrogen) atoms. The van der Waals surface area contributed by atoms with Crippen LogP contribution in [0.25, 0.3) is 10.9 Å². The molecule has 1 aromatic heterocycles. The van der Waals surface area contributed by atoms with Crippen LogP contribution in [0.5, 0.6) is 0 Å². The molecular formula is C18H14ClN3O. The van der Waals surface area contributed by atoms with Gasteiger partial charge in [-0.05, 0) is 42.3 Å². The standard InChI is InChI=1S/C18H14ClN3O/c19-10-5-6-15-13(9-10)11-7-8-22-17(16(11)20-15)21-14-4-2-1-3-12(14)18(22)23/h1-6,9,17,20-21H,7-8H2. The highest BCUT2D eigenvalue weighted by molar-refractivity contribution is 6.31. The van der Waals surface area contributed by atoms with E-state index in [4.69, 9.17) is 11.6 Å². The summed E-state index contributed by atoms with van der Waals surface area (Å²) in [6.45, 7) is 0.706. The second-order valence-electron chi connectivity index (χ2n) is 6.05. The fraction of sp³-hybridized carbons (Fsp3) is 0.167. The first-order chi connectivity index (χ1) is 11.2. The van der Waals surface area contributed by atoms with Gasteiger partial charge in [0.05, 0.1) is 11.3 Å². The molecule has 3 aromatic rings. The van der Waals surface area contributed by atoms with Crippen molar-refractivity contribution in [1.29, 1.82) is 0 Å². The molecule has 2 N–H and O–H groups in total. The second kappa shape index (κ2) is 4.52. The summed E-state index contributed by atoms with van der Waals surface area (Å²) in [5.74, 6) is 0.0895. The van der Waals surface area contributed by atoms with Gasteiger partial charge >= 0.3 is 0 Å². The summed E-state index contributed by atoms with van der Waals surface area (Å²) >= 11 is 6.15. The van der Waals surface area contributed by atoms with Gasteiger partial charge in [0.2, 0.25) is 0 Å². The third kappa shape index (κ3) is 1.75. The normalized spacial score (nSPS) is 19.1. The summed E-state index contributed by atoms with van der Waals surface area (Å²) < 4.78 is 0. The lowest BCUT2D eigenvalue weighted by Gasteiger charge is -2.40. The van der Waals surface area contributed by atoms with Crippen LogP contribution in [0.15, 0.2) is 42.5 Å². The third-order valence-electron chi connectivity index (χ3n) is 4.80.